The molecule has 0 atom stereocenters. The highest BCUT2D eigenvalue weighted by atomic mass is 16.3. The molecular formula is C9H14N2O. The number of aliphatic hydroxyl groups is 1. The highest BCUT2D eigenvalue weighted by molar-refractivity contribution is 4.86. The van der Waals surface area contributed by atoms with Gasteiger partial charge in [0.2, 0.25) is 0 Å². The van der Waals surface area contributed by atoms with E-state index in [1.165, 1.54) is 6.42 Å². The van der Waals surface area contributed by atoms with Gasteiger partial charge in [0.15, 0.2) is 5.72 Å². The van der Waals surface area contributed by atoms with Crippen molar-refractivity contribution in [3.8, 4) is 0 Å². The largest absolute Gasteiger partial charge is 0.369 e. The maximum absolute atomic E-state index is 10.1. The van der Waals surface area contributed by atoms with E-state index in [2.05, 4.69) is 5.10 Å². The van der Waals surface area contributed by atoms with Crippen LogP contribution in [-0.4, -0.2) is 14.9 Å². The van der Waals surface area contributed by atoms with Crippen molar-refractivity contribution < 1.29 is 5.11 Å². The zero-order valence-electron chi connectivity index (χ0n) is 7.11. The van der Waals surface area contributed by atoms with Crippen LogP contribution in [-0.2, 0) is 5.72 Å². The monoisotopic (exact) mass is 166 g/mol. The van der Waals surface area contributed by atoms with E-state index in [0.29, 0.717) is 0 Å². The molecule has 0 amide bonds. The van der Waals surface area contributed by atoms with Crippen molar-refractivity contribution >= 4 is 0 Å². The van der Waals surface area contributed by atoms with Crippen LogP contribution in [0.15, 0.2) is 18.5 Å². The van der Waals surface area contributed by atoms with Crippen molar-refractivity contribution in [3.63, 3.8) is 0 Å². The first-order valence-corrected chi connectivity index (χ1v) is 4.54. The molecule has 0 bridgehead atoms. The van der Waals surface area contributed by atoms with E-state index in [-0.39, 0.29) is 0 Å². The van der Waals surface area contributed by atoms with Crippen molar-refractivity contribution in [2.24, 2.45) is 0 Å². The van der Waals surface area contributed by atoms with Gasteiger partial charge in [-0.25, -0.2) is 4.68 Å². The van der Waals surface area contributed by atoms with Gasteiger partial charge in [-0.15, -0.1) is 0 Å². The van der Waals surface area contributed by atoms with Crippen LogP contribution in [0.4, 0.5) is 0 Å². The summed E-state index contributed by atoms with van der Waals surface area (Å²) in [6, 6.07) is 1.85. The van der Waals surface area contributed by atoms with Crippen molar-refractivity contribution in [1.82, 2.24) is 9.78 Å². The Morgan fingerprint density at radius 3 is 2.58 bits per heavy atom. The fourth-order valence-electron chi connectivity index (χ4n) is 1.86. The van der Waals surface area contributed by atoms with Crippen LogP contribution in [0.3, 0.4) is 0 Å². The molecule has 2 rings (SSSR count). The van der Waals surface area contributed by atoms with Gasteiger partial charge in [-0.2, -0.15) is 5.10 Å². The molecule has 0 radical (unpaired) electrons. The van der Waals surface area contributed by atoms with E-state index in [9.17, 15) is 5.11 Å². The van der Waals surface area contributed by atoms with E-state index in [1.54, 1.807) is 10.9 Å². The van der Waals surface area contributed by atoms with Gasteiger partial charge < -0.3 is 5.11 Å². The number of rotatable bonds is 1. The molecule has 1 heterocycles. The Kier molecular flexibility index (Phi) is 1.89. The molecule has 0 aromatic carbocycles. The lowest BCUT2D eigenvalue weighted by molar-refractivity contribution is -0.0795. The molecule has 66 valence electrons. The van der Waals surface area contributed by atoms with E-state index in [1.807, 2.05) is 12.3 Å². The van der Waals surface area contributed by atoms with Gasteiger partial charge in [0, 0.05) is 12.4 Å². The van der Waals surface area contributed by atoms with Gasteiger partial charge in [-0.05, 0) is 31.7 Å². The summed E-state index contributed by atoms with van der Waals surface area (Å²) in [5.41, 5.74) is -0.693. The summed E-state index contributed by atoms with van der Waals surface area (Å²) in [4.78, 5) is 0. The molecule has 1 aromatic heterocycles. The van der Waals surface area contributed by atoms with Crippen LogP contribution >= 0.6 is 0 Å². The quantitative estimate of drug-likeness (QED) is 0.686. The van der Waals surface area contributed by atoms with Crippen molar-refractivity contribution in [1.29, 1.82) is 0 Å². The number of nitrogens with zero attached hydrogens (tertiary/aromatic N) is 2. The SMILES string of the molecule is OC1(n2cccn2)CCCCC1. The van der Waals surface area contributed by atoms with E-state index in [4.69, 9.17) is 0 Å². The molecule has 0 saturated heterocycles. The zero-order chi connectivity index (χ0) is 8.44. The molecular weight excluding hydrogens is 152 g/mol. The minimum atomic E-state index is -0.693. The summed E-state index contributed by atoms with van der Waals surface area (Å²) in [5, 5.41) is 14.2. The van der Waals surface area contributed by atoms with Crippen LogP contribution in [0.2, 0.25) is 0 Å². The van der Waals surface area contributed by atoms with E-state index < -0.39 is 5.72 Å². The lowest BCUT2D eigenvalue weighted by Crippen LogP contribution is -2.35. The molecule has 1 aliphatic carbocycles. The molecule has 12 heavy (non-hydrogen) atoms. The summed E-state index contributed by atoms with van der Waals surface area (Å²) in [5.74, 6) is 0. The molecule has 3 nitrogen and oxygen atoms in total. The van der Waals surface area contributed by atoms with Crippen molar-refractivity contribution in [2.45, 2.75) is 37.8 Å². The van der Waals surface area contributed by atoms with Gasteiger partial charge in [0.1, 0.15) is 0 Å². The number of aromatic nitrogens is 2. The summed E-state index contributed by atoms with van der Waals surface area (Å²) < 4.78 is 1.69. The minimum Gasteiger partial charge on any atom is -0.369 e. The first-order chi connectivity index (χ1) is 5.81. The third kappa shape index (κ3) is 1.25. The molecule has 1 aromatic rings. The molecule has 0 unspecified atom stereocenters. The van der Waals surface area contributed by atoms with E-state index >= 15 is 0 Å². The Labute approximate surface area is 72.0 Å². The highest BCUT2D eigenvalue weighted by Gasteiger charge is 2.30. The molecule has 0 spiro atoms. The second kappa shape index (κ2) is 2.90. The van der Waals surface area contributed by atoms with Crippen LogP contribution in [0.5, 0.6) is 0 Å². The van der Waals surface area contributed by atoms with Gasteiger partial charge >= 0.3 is 0 Å². The Morgan fingerprint density at radius 1 is 1.25 bits per heavy atom. The highest BCUT2D eigenvalue weighted by Crippen LogP contribution is 2.31. The average Bonchev–Trinajstić information content (AvgIpc) is 2.58. The standard InChI is InChI=1S/C9H14N2O/c12-9(5-2-1-3-6-9)11-8-4-7-10-11/h4,7-8,12H,1-3,5-6H2. The maximum Gasteiger partial charge on any atom is 0.157 e. The Morgan fingerprint density at radius 2 is 2.00 bits per heavy atom. The smallest absolute Gasteiger partial charge is 0.157 e. The molecule has 1 fully saturated rings. The second-order valence-corrected chi connectivity index (χ2v) is 3.49. The Bertz CT molecular complexity index is 237. The summed E-state index contributed by atoms with van der Waals surface area (Å²) >= 11 is 0. The maximum atomic E-state index is 10.1. The van der Waals surface area contributed by atoms with Gasteiger partial charge in [0.05, 0.1) is 0 Å². The normalized spacial score (nSPS) is 22.4. The van der Waals surface area contributed by atoms with Gasteiger partial charge in [0.25, 0.3) is 0 Å². The fourth-order valence-corrected chi connectivity index (χ4v) is 1.86. The molecule has 1 saturated carbocycles. The first-order valence-electron chi connectivity index (χ1n) is 4.54. The predicted octanol–water partition coefficient (Wildman–Crippen LogP) is 1.49. The lowest BCUT2D eigenvalue weighted by atomic mass is 9.92. The lowest BCUT2D eigenvalue weighted by Gasteiger charge is -2.32. The molecule has 1 N–H and O–H groups in total. The van der Waals surface area contributed by atoms with Crippen molar-refractivity contribution in [2.75, 3.05) is 0 Å². The molecule has 0 aliphatic heterocycles. The summed E-state index contributed by atoms with van der Waals surface area (Å²) in [7, 11) is 0. The van der Waals surface area contributed by atoms with Crippen molar-refractivity contribution in [3.05, 3.63) is 18.5 Å². The van der Waals surface area contributed by atoms with Crippen LogP contribution in [0, 0.1) is 0 Å². The van der Waals surface area contributed by atoms with Gasteiger partial charge in [-0.3, -0.25) is 0 Å². The summed E-state index contributed by atoms with van der Waals surface area (Å²) in [6.07, 6.45) is 8.69. The Hall–Kier alpha value is -0.830. The average molecular weight is 166 g/mol. The first kappa shape index (κ1) is 7.80. The molecule has 1 aliphatic rings. The number of hydrogen-bond acceptors (Lipinski definition) is 2. The van der Waals surface area contributed by atoms with E-state index in [0.717, 1.165) is 25.7 Å². The van der Waals surface area contributed by atoms with Crippen LogP contribution in [0.1, 0.15) is 32.1 Å². The van der Waals surface area contributed by atoms with Gasteiger partial charge in [-0.1, -0.05) is 6.42 Å². The Balaban J connectivity index is 2.19. The second-order valence-electron chi connectivity index (χ2n) is 3.49. The zero-order valence-corrected chi connectivity index (χ0v) is 7.11. The predicted molar refractivity (Wildman–Crippen MR) is 45.5 cm³/mol. The topological polar surface area (TPSA) is 38.0 Å². The number of hydrogen-bond donors (Lipinski definition) is 1. The third-order valence-electron chi connectivity index (χ3n) is 2.59. The summed E-state index contributed by atoms with van der Waals surface area (Å²) in [6.45, 7) is 0. The van der Waals surface area contributed by atoms with Crippen LogP contribution < -0.4 is 0 Å². The van der Waals surface area contributed by atoms with Crippen LogP contribution in [0.25, 0.3) is 0 Å². The minimum absolute atomic E-state index is 0.693. The third-order valence-corrected chi connectivity index (χ3v) is 2.59. The molecule has 3 heteroatoms. The fraction of sp³-hybridized carbons (Fsp3) is 0.667.